The Bertz CT molecular complexity index is 479. The lowest BCUT2D eigenvalue weighted by atomic mass is 10.0. The second-order valence-electron chi connectivity index (χ2n) is 4.03. The zero-order valence-electron chi connectivity index (χ0n) is 9.92. The Balaban J connectivity index is 2.41. The zero-order valence-corrected chi connectivity index (χ0v) is 9.92. The van der Waals surface area contributed by atoms with Crippen LogP contribution in [-0.4, -0.2) is 24.6 Å². The van der Waals surface area contributed by atoms with Crippen molar-refractivity contribution in [2.45, 2.75) is 18.9 Å². The Hall–Kier alpha value is -1.95. The van der Waals surface area contributed by atoms with Gasteiger partial charge < -0.3 is 9.47 Å². The number of benzene rings is 1. The van der Waals surface area contributed by atoms with Gasteiger partial charge in [0.25, 0.3) is 5.69 Å². The number of carbonyl (C=O) groups is 1. The number of hydrogen-bond acceptors (Lipinski definition) is 5. The Morgan fingerprint density at radius 3 is 2.89 bits per heavy atom. The molecule has 1 aliphatic rings. The van der Waals surface area contributed by atoms with Gasteiger partial charge in [-0.05, 0) is 30.5 Å². The number of nitro groups is 1. The van der Waals surface area contributed by atoms with Gasteiger partial charge >= 0.3 is 5.97 Å². The van der Waals surface area contributed by atoms with Crippen LogP contribution in [-0.2, 0) is 9.47 Å². The summed E-state index contributed by atoms with van der Waals surface area (Å²) in [6, 6.07) is 4.43. The summed E-state index contributed by atoms with van der Waals surface area (Å²) in [5.74, 6) is -0.707. The lowest BCUT2D eigenvalue weighted by molar-refractivity contribution is -0.385. The maximum absolute atomic E-state index is 11.5. The summed E-state index contributed by atoms with van der Waals surface area (Å²) in [7, 11) is 1.20. The first-order valence-electron chi connectivity index (χ1n) is 5.61. The van der Waals surface area contributed by atoms with Crippen LogP contribution in [0.1, 0.15) is 34.9 Å². The fourth-order valence-electron chi connectivity index (χ4n) is 2.03. The second kappa shape index (κ2) is 5.14. The van der Waals surface area contributed by atoms with E-state index in [1.807, 2.05) is 0 Å². The summed E-state index contributed by atoms with van der Waals surface area (Å²) < 4.78 is 10.0. The van der Waals surface area contributed by atoms with E-state index in [-0.39, 0.29) is 17.4 Å². The molecule has 1 aliphatic heterocycles. The molecule has 0 spiro atoms. The molecule has 2 rings (SSSR count). The van der Waals surface area contributed by atoms with Gasteiger partial charge in [-0.2, -0.15) is 0 Å². The zero-order chi connectivity index (χ0) is 13.1. The number of hydrogen-bond donors (Lipinski definition) is 0. The molecule has 0 aromatic heterocycles. The molecule has 1 heterocycles. The maximum atomic E-state index is 11.5. The predicted octanol–water partition coefficient (Wildman–Crippen LogP) is 2.23. The number of esters is 1. The van der Waals surface area contributed by atoms with E-state index < -0.39 is 10.9 Å². The van der Waals surface area contributed by atoms with Gasteiger partial charge in [-0.25, -0.2) is 4.79 Å². The van der Waals surface area contributed by atoms with Gasteiger partial charge in [0.2, 0.25) is 0 Å². The van der Waals surface area contributed by atoms with Gasteiger partial charge in [0, 0.05) is 12.7 Å². The molecule has 0 amide bonds. The van der Waals surface area contributed by atoms with Crippen LogP contribution in [0.15, 0.2) is 18.2 Å². The van der Waals surface area contributed by atoms with Crippen LogP contribution in [0, 0.1) is 10.1 Å². The van der Waals surface area contributed by atoms with E-state index in [9.17, 15) is 14.9 Å². The van der Waals surface area contributed by atoms with E-state index in [2.05, 4.69) is 4.74 Å². The number of nitro benzene ring substituents is 1. The van der Waals surface area contributed by atoms with Crippen molar-refractivity contribution in [1.82, 2.24) is 0 Å². The van der Waals surface area contributed by atoms with Gasteiger partial charge in [0.1, 0.15) is 5.56 Å². The van der Waals surface area contributed by atoms with Gasteiger partial charge in [0.05, 0.1) is 18.1 Å². The highest BCUT2D eigenvalue weighted by molar-refractivity contribution is 5.94. The van der Waals surface area contributed by atoms with Crippen molar-refractivity contribution in [2.75, 3.05) is 13.7 Å². The predicted molar refractivity (Wildman–Crippen MR) is 62.4 cm³/mol. The molecule has 0 saturated carbocycles. The van der Waals surface area contributed by atoms with Crippen molar-refractivity contribution in [2.24, 2.45) is 0 Å². The van der Waals surface area contributed by atoms with E-state index in [0.717, 1.165) is 18.4 Å². The molecule has 1 aromatic carbocycles. The molecule has 6 nitrogen and oxygen atoms in total. The van der Waals surface area contributed by atoms with Crippen molar-refractivity contribution in [3.63, 3.8) is 0 Å². The average Bonchev–Trinajstić information content (AvgIpc) is 2.90. The fraction of sp³-hybridized carbons (Fsp3) is 0.417. The van der Waals surface area contributed by atoms with Crippen molar-refractivity contribution >= 4 is 11.7 Å². The quantitative estimate of drug-likeness (QED) is 0.467. The molecule has 1 aromatic rings. The first-order valence-corrected chi connectivity index (χ1v) is 5.61. The Morgan fingerprint density at radius 1 is 1.56 bits per heavy atom. The topological polar surface area (TPSA) is 78.7 Å². The molecule has 0 N–H and O–H groups in total. The molecule has 1 unspecified atom stereocenters. The first kappa shape index (κ1) is 12.5. The van der Waals surface area contributed by atoms with Gasteiger partial charge in [-0.3, -0.25) is 10.1 Å². The van der Waals surface area contributed by atoms with E-state index in [1.54, 1.807) is 6.07 Å². The van der Waals surface area contributed by atoms with Gasteiger partial charge in [0.15, 0.2) is 0 Å². The minimum atomic E-state index is -0.707. The van der Waals surface area contributed by atoms with Crippen LogP contribution in [0.2, 0.25) is 0 Å². The van der Waals surface area contributed by atoms with E-state index >= 15 is 0 Å². The third-order valence-corrected chi connectivity index (χ3v) is 2.92. The van der Waals surface area contributed by atoms with Crippen LogP contribution in [0.4, 0.5) is 5.69 Å². The summed E-state index contributed by atoms with van der Waals surface area (Å²) >= 11 is 0. The number of carbonyl (C=O) groups excluding carboxylic acids is 1. The third-order valence-electron chi connectivity index (χ3n) is 2.92. The number of nitrogens with zero attached hydrogens (tertiary/aromatic N) is 1. The highest BCUT2D eigenvalue weighted by atomic mass is 16.6. The largest absolute Gasteiger partial charge is 0.465 e. The van der Waals surface area contributed by atoms with Crippen LogP contribution in [0.3, 0.4) is 0 Å². The fourth-order valence-corrected chi connectivity index (χ4v) is 2.03. The molecule has 1 atom stereocenters. The second-order valence-corrected chi connectivity index (χ2v) is 4.03. The third kappa shape index (κ3) is 2.33. The van der Waals surface area contributed by atoms with Crippen LogP contribution in [0.25, 0.3) is 0 Å². The molecule has 96 valence electrons. The molecular weight excluding hydrogens is 238 g/mol. The van der Waals surface area contributed by atoms with Crippen LogP contribution >= 0.6 is 0 Å². The SMILES string of the molecule is COC(=O)c1cc(C2CCCO2)ccc1[N+](=O)[O-]. The van der Waals surface area contributed by atoms with Crippen molar-refractivity contribution in [3.05, 3.63) is 39.4 Å². The molecule has 18 heavy (non-hydrogen) atoms. The summed E-state index contributed by atoms with van der Waals surface area (Å²) in [6.07, 6.45) is 1.72. The highest BCUT2D eigenvalue weighted by Crippen LogP contribution is 2.31. The van der Waals surface area contributed by atoms with Crippen LogP contribution in [0.5, 0.6) is 0 Å². The van der Waals surface area contributed by atoms with Crippen molar-refractivity contribution < 1.29 is 19.2 Å². The Morgan fingerprint density at radius 2 is 2.33 bits per heavy atom. The van der Waals surface area contributed by atoms with Crippen molar-refractivity contribution in [3.8, 4) is 0 Å². The molecule has 1 saturated heterocycles. The highest BCUT2D eigenvalue weighted by Gasteiger charge is 2.25. The lowest BCUT2D eigenvalue weighted by Gasteiger charge is -2.10. The normalized spacial score (nSPS) is 18.6. The minimum absolute atomic E-state index is 0.0319. The van der Waals surface area contributed by atoms with E-state index in [1.165, 1.54) is 19.2 Å². The van der Waals surface area contributed by atoms with Gasteiger partial charge in [-0.1, -0.05) is 0 Å². The molecule has 6 heteroatoms. The Labute approximate surface area is 104 Å². The average molecular weight is 251 g/mol. The summed E-state index contributed by atoms with van der Waals surface area (Å²) in [4.78, 5) is 21.8. The Kier molecular flexibility index (Phi) is 3.57. The number of rotatable bonds is 3. The summed E-state index contributed by atoms with van der Waals surface area (Å²) in [5.41, 5.74) is 0.498. The molecule has 0 radical (unpaired) electrons. The minimum Gasteiger partial charge on any atom is -0.465 e. The molecular formula is C12H13NO5. The van der Waals surface area contributed by atoms with E-state index in [0.29, 0.717) is 6.61 Å². The standard InChI is InChI=1S/C12H13NO5/c1-17-12(14)9-7-8(11-3-2-6-18-11)4-5-10(9)13(15)16/h4-5,7,11H,2-3,6H2,1H3. The summed E-state index contributed by atoms with van der Waals surface area (Å²) in [6.45, 7) is 0.676. The first-order chi connectivity index (χ1) is 8.63. The number of ether oxygens (including phenoxy) is 2. The van der Waals surface area contributed by atoms with Crippen LogP contribution < -0.4 is 0 Å². The maximum Gasteiger partial charge on any atom is 0.344 e. The summed E-state index contributed by atoms with van der Waals surface area (Å²) in [5, 5.41) is 10.8. The molecule has 0 bridgehead atoms. The smallest absolute Gasteiger partial charge is 0.344 e. The van der Waals surface area contributed by atoms with Crippen molar-refractivity contribution in [1.29, 1.82) is 0 Å². The monoisotopic (exact) mass is 251 g/mol. The molecule has 0 aliphatic carbocycles. The number of methoxy groups -OCH3 is 1. The molecule has 1 fully saturated rings. The lowest BCUT2D eigenvalue weighted by Crippen LogP contribution is -2.07. The van der Waals surface area contributed by atoms with Gasteiger partial charge in [-0.15, -0.1) is 0 Å². The van der Waals surface area contributed by atoms with E-state index in [4.69, 9.17) is 4.74 Å².